The standard InChI is InChI=1S/C21H26N2O4S2/c1-15-13-18-14-20(28(22,24)25)11-12-21(18)23(15)29(26,27)19-9-7-17(8-10-19)16-5-3-2-4-6-16/h7-12,14-16H,2-6,13H2,1H3,(H2,22,24,25). The molecule has 2 N–H and O–H groups in total. The molecule has 0 radical (unpaired) electrons. The lowest BCUT2D eigenvalue weighted by atomic mass is 9.84. The molecule has 0 bridgehead atoms. The average molecular weight is 435 g/mol. The number of sulfonamides is 2. The Morgan fingerprint density at radius 3 is 2.14 bits per heavy atom. The van der Waals surface area contributed by atoms with Crippen molar-refractivity contribution in [2.75, 3.05) is 4.31 Å². The van der Waals surface area contributed by atoms with Crippen LogP contribution < -0.4 is 9.44 Å². The summed E-state index contributed by atoms with van der Waals surface area (Å²) in [5, 5.41) is 5.21. The Kier molecular flexibility index (Phi) is 5.21. The maximum Gasteiger partial charge on any atom is 0.264 e. The van der Waals surface area contributed by atoms with E-state index in [9.17, 15) is 16.8 Å². The number of primary sulfonamides is 1. The van der Waals surface area contributed by atoms with Gasteiger partial charge in [-0.2, -0.15) is 0 Å². The van der Waals surface area contributed by atoms with Crippen LogP contribution in [0.1, 0.15) is 56.1 Å². The molecule has 1 saturated carbocycles. The molecule has 0 saturated heterocycles. The Morgan fingerprint density at radius 2 is 1.52 bits per heavy atom. The molecule has 2 aromatic carbocycles. The molecule has 29 heavy (non-hydrogen) atoms. The van der Waals surface area contributed by atoms with Gasteiger partial charge in [-0.05, 0) is 73.6 Å². The highest BCUT2D eigenvalue weighted by Gasteiger charge is 2.36. The molecule has 1 aliphatic carbocycles. The van der Waals surface area contributed by atoms with Gasteiger partial charge in [0.15, 0.2) is 0 Å². The Bertz CT molecular complexity index is 1120. The number of hydrogen-bond donors (Lipinski definition) is 1. The van der Waals surface area contributed by atoms with E-state index in [4.69, 9.17) is 5.14 Å². The molecule has 2 aromatic rings. The molecule has 6 nitrogen and oxygen atoms in total. The fourth-order valence-electron chi connectivity index (χ4n) is 4.58. The van der Waals surface area contributed by atoms with Gasteiger partial charge in [-0.1, -0.05) is 31.4 Å². The van der Waals surface area contributed by atoms with E-state index in [-0.39, 0.29) is 15.8 Å². The van der Waals surface area contributed by atoms with Crippen molar-refractivity contribution in [2.24, 2.45) is 5.14 Å². The summed E-state index contributed by atoms with van der Waals surface area (Å²) < 4.78 is 51.4. The topological polar surface area (TPSA) is 97.5 Å². The van der Waals surface area contributed by atoms with Crippen LogP contribution >= 0.6 is 0 Å². The third-order valence-corrected chi connectivity index (χ3v) is 8.90. The molecular formula is C21H26N2O4S2. The molecule has 1 aliphatic heterocycles. The predicted octanol–water partition coefficient (Wildman–Crippen LogP) is 3.52. The van der Waals surface area contributed by atoms with Gasteiger partial charge >= 0.3 is 0 Å². The number of anilines is 1. The quantitative estimate of drug-likeness (QED) is 0.796. The maximum atomic E-state index is 13.4. The zero-order valence-corrected chi connectivity index (χ0v) is 18.0. The number of nitrogens with zero attached hydrogens (tertiary/aromatic N) is 1. The molecular weight excluding hydrogens is 408 g/mol. The molecule has 1 atom stereocenters. The fraction of sp³-hybridized carbons (Fsp3) is 0.429. The van der Waals surface area contributed by atoms with Gasteiger partial charge in [-0.25, -0.2) is 22.0 Å². The number of hydrogen-bond acceptors (Lipinski definition) is 4. The van der Waals surface area contributed by atoms with Gasteiger partial charge in [-0.3, -0.25) is 4.31 Å². The first-order valence-electron chi connectivity index (χ1n) is 9.98. The van der Waals surface area contributed by atoms with Crippen molar-refractivity contribution in [1.82, 2.24) is 0 Å². The molecule has 2 aliphatic rings. The van der Waals surface area contributed by atoms with Gasteiger partial charge in [0.1, 0.15) is 0 Å². The van der Waals surface area contributed by atoms with Crippen LogP contribution in [0.25, 0.3) is 0 Å². The number of benzene rings is 2. The molecule has 4 rings (SSSR count). The number of rotatable bonds is 4. The summed E-state index contributed by atoms with van der Waals surface area (Å²) in [4.78, 5) is 0.256. The lowest BCUT2D eigenvalue weighted by molar-refractivity contribution is 0.443. The first kappa shape index (κ1) is 20.4. The highest BCUT2D eigenvalue weighted by atomic mass is 32.2. The SMILES string of the molecule is CC1Cc2cc(S(N)(=O)=O)ccc2N1S(=O)(=O)c1ccc(C2CCCCC2)cc1. The summed E-state index contributed by atoms with van der Waals surface area (Å²) in [7, 11) is -7.58. The van der Waals surface area contributed by atoms with E-state index < -0.39 is 20.0 Å². The van der Waals surface area contributed by atoms with E-state index in [1.165, 1.54) is 47.3 Å². The smallest absolute Gasteiger partial charge is 0.263 e. The van der Waals surface area contributed by atoms with Gasteiger partial charge in [-0.15, -0.1) is 0 Å². The molecule has 0 spiro atoms. The van der Waals surface area contributed by atoms with Gasteiger partial charge < -0.3 is 0 Å². The van der Waals surface area contributed by atoms with Crippen molar-refractivity contribution < 1.29 is 16.8 Å². The van der Waals surface area contributed by atoms with E-state index in [1.807, 2.05) is 19.1 Å². The summed E-state index contributed by atoms with van der Waals surface area (Å²) in [6.07, 6.45) is 6.51. The zero-order chi connectivity index (χ0) is 20.8. The maximum absolute atomic E-state index is 13.4. The van der Waals surface area contributed by atoms with Gasteiger partial charge in [0.25, 0.3) is 10.0 Å². The minimum atomic E-state index is -3.83. The minimum Gasteiger partial charge on any atom is -0.263 e. The second-order valence-corrected chi connectivity index (χ2v) is 11.5. The minimum absolute atomic E-state index is 0.000433. The number of fused-ring (bicyclic) bond motifs is 1. The molecule has 0 amide bonds. The summed E-state index contributed by atoms with van der Waals surface area (Å²) in [6, 6.07) is 11.3. The van der Waals surface area contributed by atoms with E-state index >= 15 is 0 Å². The summed E-state index contributed by atoms with van der Waals surface area (Å²) in [5.41, 5.74) is 2.39. The highest BCUT2D eigenvalue weighted by Crippen LogP contribution is 2.38. The Morgan fingerprint density at radius 1 is 0.897 bits per heavy atom. The van der Waals surface area contributed by atoms with E-state index in [1.54, 1.807) is 12.1 Å². The first-order valence-corrected chi connectivity index (χ1v) is 13.0. The predicted molar refractivity (Wildman–Crippen MR) is 113 cm³/mol. The van der Waals surface area contributed by atoms with Crippen LogP contribution in [-0.4, -0.2) is 22.9 Å². The lowest BCUT2D eigenvalue weighted by Crippen LogP contribution is -2.35. The largest absolute Gasteiger partial charge is 0.264 e. The third kappa shape index (κ3) is 3.81. The van der Waals surface area contributed by atoms with E-state index in [0.717, 1.165) is 12.8 Å². The number of nitrogens with two attached hydrogens (primary N) is 1. The van der Waals surface area contributed by atoms with Crippen molar-refractivity contribution in [3.63, 3.8) is 0 Å². The summed E-state index contributed by atoms with van der Waals surface area (Å²) in [5.74, 6) is 0.517. The van der Waals surface area contributed by atoms with Crippen LogP contribution in [0.15, 0.2) is 52.3 Å². The second-order valence-electron chi connectivity index (χ2n) is 8.09. The van der Waals surface area contributed by atoms with Crippen LogP contribution in [0.3, 0.4) is 0 Å². The molecule has 1 fully saturated rings. The van der Waals surface area contributed by atoms with Crippen LogP contribution in [0, 0.1) is 0 Å². The van der Waals surface area contributed by atoms with Crippen molar-refractivity contribution >= 4 is 25.7 Å². The zero-order valence-electron chi connectivity index (χ0n) is 16.4. The Balaban J connectivity index is 1.66. The molecule has 156 valence electrons. The third-order valence-electron chi connectivity index (χ3n) is 6.05. The Labute approximate surface area is 172 Å². The lowest BCUT2D eigenvalue weighted by Gasteiger charge is -2.25. The summed E-state index contributed by atoms with van der Waals surface area (Å²) in [6.45, 7) is 1.82. The van der Waals surface area contributed by atoms with Crippen molar-refractivity contribution in [3.05, 3.63) is 53.6 Å². The first-order chi connectivity index (χ1) is 13.7. The highest BCUT2D eigenvalue weighted by molar-refractivity contribution is 7.93. The van der Waals surface area contributed by atoms with Gasteiger partial charge in [0.05, 0.1) is 15.5 Å². The van der Waals surface area contributed by atoms with Crippen LogP contribution in [0.5, 0.6) is 0 Å². The van der Waals surface area contributed by atoms with Crippen LogP contribution in [-0.2, 0) is 26.5 Å². The van der Waals surface area contributed by atoms with Gasteiger partial charge in [0, 0.05) is 6.04 Å². The van der Waals surface area contributed by atoms with E-state index in [2.05, 4.69) is 0 Å². The molecule has 8 heteroatoms. The fourth-order valence-corrected chi connectivity index (χ4v) is 6.84. The molecule has 1 heterocycles. The van der Waals surface area contributed by atoms with Crippen molar-refractivity contribution in [2.45, 2.75) is 67.2 Å². The average Bonchev–Trinajstić information content (AvgIpc) is 3.03. The molecule has 0 aromatic heterocycles. The second kappa shape index (κ2) is 7.41. The van der Waals surface area contributed by atoms with Gasteiger partial charge in [0.2, 0.25) is 10.0 Å². The normalized spacial score (nSPS) is 20.6. The Hall–Kier alpha value is -1.90. The molecule has 1 unspecified atom stereocenters. The summed E-state index contributed by atoms with van der Waals surface area (Å²) >= 11 is 0. The van der Waals surface area contributed by atoms with E-state index in [0.29, 0.717) is 23.6 Å². The van der Waals surface area contributed by atoms with Crippen LogP contribution in [0.4, 0.5) is 5.69 Å². The van der Waals surface area contributed by atoms with Crippen molar-refractivity contribution in [3.8, 4) is 0 Å². The van der Waals surface area contributed by atoms with Crippen molar-refractivity contribution in [1.29, 1.82) is 0 Å². The monoisotopic (exact) mass is 434 g/mol. The van der Waals surface area contributed by atoms with Crippen LogP contribution in [0.2, 0.25) is 0 Å².